The Balaban J connectivity index is 1.29. The summed E-state index contributed by atoms with van der Waals surface area (Å²) < 4.78 is 56.9. The molecule has 0 aliphatic carbocycles. The molecule has 0 radical (unpaired) electrons. The summed E-state index contributed by atoms with van der Waals surface area (Å²) in [6.45, 7) is 1.11. The van der Waals surface area contributed by atoms with E-state index in [2.05, 4.69) is 5.32 Å². The fraction of sp³-hybridized carbons (Fsp3) is 0.254. The van der Waals surface area contributed by atoms with Crippen molar-refractivity contribution in [3.8, 4) is 0 Å². The van der Waals surface area contributed by atoms with Gasteiger partial charge in [0.15, 0.2) is 30.7 Å². The van der Waals surface area contributed by atoms with E-state index in [9.17, 15) is 38.4 Å². The van der Waals surface area contributed by atoms with Gasteiger partial charge in [0.05, 0.1) is 45.5 Å². The molecule has 0 bridgehead atoms. The topological polar surface area (TPSA) is 232 Å². The van der Waals surface area contributed by atoms with Gasteiger partial charge in [-0.2, -0.15) is 0 Å². The third-order valence-electron chi connectivity index (χ3n) is 12.3. The summed E-state index contributed by atoms with van der Waals surface area (Å²) in [4.78, 5) is 111. The Morgan fingerprint density at radius 2 is 0.701 bits per heavy atom. The number of hydrogen-bond donors (Lipinski definition) is 1. The van der Waals surface area contributed by atoms with Crippen LogP contribution in [0.1, 0.15) is 82.4 Å². The van der Waals surface area contributed by atoms with Gasteiger partial charge in [0.2, 0.25) is 5.91 Å². The molecule has 2 aliphatic rings. The molecule has 2 saturated heterocycles. The predicted molar refractivity (Wildman–Crippen MR) is 271 cm³/mol. The molecule has 396 valence electrons. The summed E-state index contributed by atoms with van der Waals surface area (Å²) in [5.41, 5.74) is 0.434. The Morgan fingerprint density at radius 3 is 1.06 bits per heavy atom. The first-order valence-corrected chi connectivity index (χ1v) is 24.5. The van der Waals surface area contributed by atoms with Crippen LogP contribution in [0.25, 0.3) is 0 Å². The first-order chi connectivity index (χ1) is 37.3. The van der Waals surface area contributed by atoms with Crippen molar-refractivity contribution in [2.24, 2.45) is 0 Å². The molecule has 2 fully saturated rings. The fourth-order valence-corrected chi connectivity index (χ4v) is 8.69. The molecule has 2 aliphatic heterocycles. The normalized spacial score (nSPS) is 22.7. The average molecular weight is 1050 g/mol. The molecule has 10 atom stereocenters. The fourth-order valence-electron chi connectivity index (χ4n) is 8.69. The highest BCUT2D eigenvalue weighted by Gasteiger charge is 2.57. The van der Waals surface area contributed by atoms with Crippen LogP contribution in [0.4, 0.5) is 0 Å². The number of esters is 6. The summed E-state index contributed by atoms with van der Waals surface area (Å²) >= 11 is 0. The lowest BCUT2D eigenvalue weighted by Gasteiger charge is -2.49. The van der Waals surface area contributed by atoms with Crippen LogP contribution in [0.3, 0.4) is 0 Å². The van der Waals surface area contributed by atoms with Crippen molar-refractivity contribution in [2.45, 2.75) is 81.4 Å². The van der Waals surface area contributed by atoms with Crippen molar-refractivity contribution in [1.29, 1.82) is 0 Å². The van der Waals surface area contributed by atoms with E-state index in [0.717, 1.165) is 0 Å². The van der Waals surface area contributed by atoms with Gasteiger partial charge in [-0.1, -0.05) is 109 Å². The monoisotopic (exact) mass is 1050 g/mol. The van der Waals surface area contributed by atoms with Crippen LogP contribution < -0.4 is 5.32 Å². The van der Waals surface area contributed by atoms with Gasteiger partial charge in [-0.05, 0) is 79.7 Å². The molecule has 0 spiro atoms. The second kappa shape index (κ2) is 26.1. The van der Waals surface area contributed by atoms with Gasteiger partial charge >= 0.3 is 35.8 Å². The maximum atomic E-state index is 14.4. The molecular formula is C59H53NO17. The van der Waals surface area contributed by atoms with Crippen LogP contribution >= 0.6 is 0 Å². The standard InChI is InChI=1S/C59H53NO17/c1-36(61)33-44-47(60-37(2)62)50(74-56(66)41-27-15-6-16-28-41)48(45(71-44)34-69-53(63)38-21-9-3-10-22-38)77-59-52(76-58(68)43-31-19-8-20-32-43)51(75-57(67)42-29-17-7-18-30-42)49(73-55(65)40-25-13-5-14-26-40)46(72-59)35-70-54(64)39-23-11-4-12-24-39/h3-32,44-52,59H,33-35H2,1-2H3,(H,60,62)/t44-,45+,46+,47-,48+,49-,50+,51-,52+,59-/m0/s1. The molecule has 18 nitrogen and oxygen atoms in total. The van der Waals surface area contributed by atoms with E-state index in [1.165, 1.54) is 86.6 Å². The van der Waals surface area contributed by atoms with Gasteiger partial charge in [0, 0.05) is 13.3 Å². The van der Waals surface area contributed by atoms with Crippen LogP contribution in [0, 0.1) is 0 Å². The molecule has 2 heterocycles. The van der Waals surface area contributed by atoms with Gasteiger partial charge in [-0.3, -0.25) is 9.59 Å². The lowest BCUT2D eigenvalue weighted by atomic mass is 9.89. The quantitative estimate of drug-likeness (QED) is 0.0638. The average Bonchev–Trinajstić information content (AvgIpc) is 3.46. The molecule has 1 N–H and O–H groups in total. The lowest BCUT2D eigenvalue weighted by Crippen LogP contribution is -2.69. The maximum Gasteiger partial charge on any atom is 0.338 e. The second-order valence-electron chi connectivity index (χ2n) is 17.9. The molecular weight excluding hydrogens is 995 g/mol. The largest absolute Gasteiger partial charge is 0.459 e. The summed E-state index contributed by atoms with van der Waals surface area (Å²) in [7, 11) is 0. The molecule has 77 heavy (non-hydrogen) atoms. The van der Waals surface area contributed by atoms with Crippen LogP contribution in [0.5, 0.6) is 0 Å². The van der Waals surface area contributed by atoms with Crippen molar-refractivity contribution in [2.75, 3.05) is 13.2 Å². The maximum absolute atomic E-state index is 14.4. The number of Topliss-reactive ketones (excluding diaryl/α,β-unsaturated/α-hetero) is 1. The van der Waals surface area contributed by atoms with Crippen LogP contribution in [-0.2, 0) is 52.2 Å². The van der Waals surface area contributed by atoms with Gasteiger partial charge in [0.1, 0.15) is 37.3 Å². The minimum atomic E-state index is -2.01. The number of nitrogens with one attached hydrogen (secondary N) is 1. The van der Waals surface area contributed by atoms with E-state index in [0.29, 0.717) is 0 Å². The van der Waals surface area contributed by atoms with Crippen molar-refractivity contribution in [1.82, 2.24) is 5.32 Å². The van der Waals surface area contributed by atoms with E-state index in [1.54, 1.807) is 109 Å². The lowest BCUT2D eigenvalue weighted by molar-refractivity contribution is -0.333. The van der Waals surface area contributed by atoms with Crippen molar-refractivity contribution < 1.29 is 81.0 Å². The Morgan fingerprint density at radius 1 is 0.377 bits per heavy atom. The Hall–Kier alpha value is -8.84. The molecule has 0 saturated carbocycles. The van der Waals surface area contributed by atoms with Gasteiger partial charge in [0.25, 0.3) is 0 Å². The summed E-state index contributed by atoms with van der Waals surface area (Å²) in [5.74, 6) is -6.54. The highest BCUT2D eigenvalue weighted by molar-refractivity contribution is 5.92. The zero-order valence-corrected chi connectivity index (χ0v) is 41.7. The first kappa shape index (κ1) is 54.4. The number of rotatable bonds is 19. The molecule has 8 rings (SSSR count). The summed E-state index contributed by atoms with van der Waals surface area (Å²) in [6.07, 6.45) is -15.7. The van der Waals surface area contributed by atoms with Gasteiger partial charge in [-0.25, -0.2) is 28.8 Å². The Kier molecular flexibility index (Phi) is 18.4. The second-order valence-corrected chi connectivity index (χ2v) is 17.9. The molecule has 0 aromatic heterocycles. The van der Waals surface area contributed by atoms with Gasteiger partial charge in [-0.15, -0.1) is 0 Å². The van der Waals surface area contributed by atoms with Crippen LogP contribution in [0.15, 0.2) is 182 Å². The third-order valence-corrected chi connectivity index (χ3v) is 12.3. The number of amides is 1. The van der Waals surface area contributed by atoms with Crippen molar-refractivity contribution >= 4 is 47.5 Å². The zero-order valence-electron chi connectivity index (χ0n) is 41.7. The molecule has 1 amide bonds. The third kappa shape index (κ3) is 14.3. The first-order valence-electron chi connectivity index (χ1n) is 24.5. The number of benzene rings is 6. The van der Waals surface area contributed by atoms with E-state index < -0.39 is 122 Å². The SMILES string of the molecule is CC(=O)C[C@@H]1O[C@H](COC(=O)c2ccccc2)[C@@H](O[C@@H]2O[C@H](COC(=O)c3ccccc3)[C@H](OC(=O)c3ccccc3)[C@H](OC(=O)c3ccccc3)[C@H]2OC(=O)c2ccccc2)[C@H](OC(=O)c2ccccc2)[C@H]1NC(C)=O. The van der Waals surface area contributed by atoms with Crippen molar-refractivity contribution in [3.05, 3.63) is 215 Å². The molecule has 6 aromatic rings. The van der Waals surface area contributed by atoms with E-state index in [-0.39, 0.29) is 39.8 Å². The predicted octanol–water partition coefficient (Wildman–Crippen LogP) is 6.96. The minimum absolute atomic E-state index is 0.00953. The number of ether oxygens (including phenoxy) is 9. The smallest absolute Gasteiger partial charge is 0.338 e. The summed E-state index contributed by atoms with van der Waals surface area (Å²) in [6, 6.07) is 45.5. The number of carbonyl (C=O) groups excluding carboxylic acids is 8. The van der Waals surface area contributed by atoms with Gasteiger partial charge < -0.3 is 47.9 Å². The highest BCUT2D eigenvalue weighted by Crippen LogP contribution is 2.36. The minimum Gasteiger partial charge on any atom is -0.459 e. The molecule has 0 unspecified atom stereocenters. The van der Waals surface area contributed by atoms with Crippen LogP contribution in [0.2, 0.25) is 0 Å². The van der Waals surface area contributed by atoms with Crippen LogP contribution in [-0.4, -0.2) is 122 Å². The summed E-state index contributed by atoms with van der Waals surface area (Å²) in [5, 5.41) is 2.75. The molecule has 18 heteroatoms. The Labute approximate surface area is 442 Å². The van der Waals surface area contributed by atoms with Crippen molar-refractivity contribution in [3.63, 3.8) is 0 Å². The number of ketones is 1. The number of hydrogen-bond acceptors (Lipinski definition) is 17. The Bertz CT molecular complexity index is 2980. The zero-order chi connectivity index (χ0) is 54.3. The van der Waals surface area contributed by atoms with E-state index >= 15 is 0 Å². The highest BCUT2D eigenvalue weighted by atomic mass is 16.8. The molecule has 6 aromatic carbocycles. The van der Waals surface area contributed by atoms with E-state index in [1.807, 2.05) is 0 Å². The number of carbonyl (C=O) groups is 8. The van der Waals surface area contributed by atoms with E-state index in [4.69, 9.17) is 42.6 Å².